The third-order valence-electron chi connectivity index (χ3n) is 10.8. The van der Waals surface area contributed by atoms with Crippen LogP contribution in [0.1, 0.15) is 67.9 Å². The molecule has 3 heterocycles. The second kappa shape index (κ2) is 24.8. The first-order chi connectivity index (χ1) is 33.5. The molecule has 5 rings (SSSR count). The molecule has 1 aromatic rings. The second-order valence-electron chi connectivity index (χ2n) is 16.4. The summed E-state index contributed by atoms with van der Waals surface area (Å²) in [6.07, 6.45) is -10.4. The second-order valence-corrected chi connectivity index (χ2v) is 16.4. The van der Waals surface area contributed by atoms with Gasteiger partial charge in [0.1, 0.15) is 19.3 Å². The number of benzene rings is 1. The maximum atomic E-state index is 13.4. The average molecular weight is 1000 g/mol. The van der Waals surface area contributed by atoms with Crippen LogP contribution in [0.15, 0.2) is 48.3 Å². The summed E-state index contributed by atoms with van der Waals surface area (Å²) in [5.74, 6) is -8.58. The van der Waals surface area contributed by atoms with E-state index in [4.69, 9.17) is 71.1 Å². The molecule has 0 bridgehead atoms. The molecule has 3 aliphatic heterocycles. The Morgan fingerprint density at radius 3 is 1.72 bits per heavy atom. The molecule has 0 unspecified atom stereocenters. The minimum absolute atomic E-state index is 0.0959. The summed E-state index contributed by atoms with van der Waals surface area (Å²) in [6, 6.07) is 4.56. The van der Waals surface area contributed by atoms with Crippen LogP contribution in [-0.4, -0.2) is 148 Å². The molecule has 0 radical (unpaired) electrons. The quantitative estimate of drug-likeness (QED) is 0.0670. The Morgan fingerprint density at radius 2 is 1.15 bits per heavy atom. The van der Waals surface area contributed by atoms with Crippen LogP contribution in [0, 0.1) is 11.8 Å². The molecule has 2 fully saturated rings. The number of carbonyl (C=O) groups excluding carboxylic acids is 9. The van der Waals surface area contributed by atoms with Crippen molar-refractivity contribution in [3.63, 3.8) is 0 Å². The van der Waals surface area contributed by atoms with Gasteiger partial charge in [-0.2, -0.15) is 0 Å². The van der Waals surface area contributed by atoms with Gasteiger partial charge < -0.3 is 71.1 Å². The lowest BCUT2D eigenvalue weighted by Gasteiger charge is -2.46. The van der Waals surface area contributed by atoms with Crippen LogP contribution in [0.5, 0.6) is 11.5 Å². The van der Waals surface area contributed by atoms with Gasteiger partial charge in [-0.05, 0) is 42.3 Å². The van der Waals surface area contributed by atoms with Crippen molar-refractivity contribution in [3.8, 4) is 11.5 Å². The van der Waals surface area contributed by atoms with Gasteiger partial charge in [0.15, 0.2) is 54.4 Å². The summed E-state index contributed by atoms with van der Waals surface area (Å²) < 4.78 is 86.0. The first kappa shape index (κ1) is 55.0. The number of esters is 9. The predicted octanol–water partition coefficient (Wildman–Crippen LogP) is 2.24. The van der Waals surface area contributed by atoms with Crippen molar-refractivity contribution < 1.29 is 114 Å². The van der Waals surface area contributed by atoms with Crippen LogP contribution in [-0.2, 0) is 105 Å². The Kier molecular flexibility index (Phi) is 19.2. The van der Waals surface area contributed by atoms with E-state index in [-0.39, 0.29) is 18.1 Å². The highest BCUT2D eigenvalue weighted by molar-refractivity contribution is 5.87. The van der Waals surface area contributed by atoms with Crippen molar-refractivity contribution in [1.29, 1.82) is 0 Å². The van der Waals surface area contributed by atoms with E-state index in [0.717, 1.165) is 47.6 Å². The van der Waals surface area contributed by atoms with Crippen LogP contribution in [0.2, 0.25) is 0 Å². The van der Waals surface area contributed by atoms with Gasteiger partial charge in [0.25, 0.3) is 0 Å². The zero-order valence-corrected chi connectivity index (χ0v) is 40.4. The van der Waals surface area contributed by atoms with Gasteiger partial charge in [-0.1, -0.05) is 12.1 Å². The van der Waals surface area contributed by atoms with E-state index in [1.807, 2.05) is 0 Å². The Balaban J connectivity index is 1.44. The lowest BCUT2D eigenvalue weighted by molar-refractivity contribution is -0.343. The van der Waals surface area contributed by atoms with Crippen LogP contribution >= 0.6 is 0 Å². The minimum Gasteiger partial charge on any atom is -0.493 e. The van der Waals surface area contributed by atoms with Gasteiger partial charge >= 0.3 is 53.7 Å². The Labute approximate surface area is 406 Å². The van der Waals surface area contributed by atoms with Crippen LogP contribution in [0.4, 0.5) is 0 Å². The number of rotatable bonds is 18. The number of carbonyl (C=O) groups is 9. The highest BCUT2D eigenvalue weighted by Gasteiger charge is 2.57. The molecule has 1 aromatic carbocycles. The van der Waals surface area contributed by atoms with Crippen molar-refractivity contribution in [3.05, 3.63) is 53.8 Å². The van der Waals surface area contributed by atoms with Crippen molar-refractivity contribution >= 4 is 59.8 Å². The molecule has 14 atom stereocenters. The molecule has 0 saturated carbocycles. The molecular formula is C47H56O24. The van der Waals surface area contributed by atoms with E-state index in [1.54, 1.807) is 18.2 Å². The van der Waals surface area contributed by atoms with Gasteiger partial charge in [0.05, 0.1) is 31.5 Å². The average Bonchev–Trinajstić information content (AvgIpc) is 3.62. The predicted molar refractivity (Wildman–Crippen MR) is 232 cm³/mol. The lowest BCUT2D eigenvalue weighted by atomic mass is 9.88. The van der Waals surface area contributed by atoms with E-state index >= 15 is 0 Å². The number of methoxy groups -OCH3 is 1. The van der Waals surface area contributed by atoms with E-state index in [9.17, 15) is 43.2 Å². The molecule has 1 aliphatic carbocycles. The topological polar surface area (TPSA) is 292 Å². The van der Waals surface area contributed by atoms with Gasteiger partial charge in [-0.15, -0.1) is 0 Å². The minimum atomic E-state index is -1.69. The SMILES string of the molecule is COc1ccc(/C=C/C(=O)O[C@@H]2[C@@H](OC(C)=O)[C@@H](OC(C)=O)[C@H](O[C@@H]3C=C(COC(C)=O)[C@H]4[C@H](O[C@@H]5O[C@H](COC(C)=O)[C@@H](OC(C)=O)[C@H](OC(C)=O)[C@H]5OC(C)=O)OC=C[C@H]43)O[C@H]2C)cc1OC(C)=O. The van der Waals surface area contributed by atoms with Crippen molar-refractivity contribution in [2.75, 3.05) is 20.3 Å². The molecule has 71 heavy (non-hydrogen) atoms. The van der Waals surface area contributed by atoms with E-state index in [0.29, 0.717) is 11.1 Å². The monoisotopic (exact) mass is 1000 g/mol. The number of hydrogen-bond acceptors (Lipinski definition) is 24. The van der Waals surface area contributed by atoms with Gasteiger partial charge in [0, 0.05) is 67.4 Å². The van der Waals surface area contributed by atoms with Gasteiger partial charge in [-0.25, -0.2) is 4.79 Å². The van der Waals surface area contributed by atoms with Gasteiger partial charge in [-0.3, -0.25) is 38.4 Å². The Hall–Kier alpha value is -6.89. The van der Waals surface area contributed by atoms with Crippen molar-refractivity contribution in [2.24, 2.45) is 11.8 Å². The van der Waals surface area contributed by atoms with E-state index in [1.165, 1.54) is 52.4 Å². The smallest absolute Gasteiger partial charge is 0.331 e. The van der Waals surface area contributed by atoms with Gasteiger partial charge in [0.2, 0.25) is 12.6 Å². The van der Waals surface area contributed by atoms with Crippen molar-refractivity contribution in [1.82, 2.24) is 0 Å². The third-order valence-corrected chi connectivity index (χ3v) is 10.8. The lowest BCUT2D eigenvalue weighted by Crippen LogP contribution is -2.63. The van der Waals surface area contributed by atoms with E-state index < -0.39 is 146 Å². The molecular weight excluding hydrogens is 948 g/mol. The number of hydrogen-bond donors (Lipinski definition) is 0. The highest BCUT2D eigenvalue weighted by Crippen LogP contribution is 2.44. The summed E-state index contributed by atoms with van der Waals surface area (Å²) in [5, 5.41) is 0. The largest absolute Gasteiger partial charge is 0.493 e. The molecule has 24 nitrogen and oxygen atoms in total. The first-order valence-electron chi connectivity index (χ1n) is 22.1. The molecule has 0 aromatic heterocycles. The van der Waals surface area contributed by atoms with E-state index in [2.05, 4.69) is 0 Å². The van der Waals surface area contributed by atoms with Crippen molar-refractivity contribution in [2.45, 2.75) is 136 Å². The number of fused-ring (bicyclic) bond motifs is 1. The maximum absolute atomic E-state index is 13.4. The standard InChI is InChI=1S/C47H56O24/c1-21-39(70-37(56)14-12-30-11-13-33(57-10)35(17-30)62-24(4)50)41(64-26(6)52)43(66-28(8)54)46(61-21)68-34-18-31(19-59-22(2)48)38-32(34)15-16-58-45(38)71-47-44(67-29(9)55)42(65-27(7)53)40(63-25(5)51)36(69-47)20-60-23(3)49/h11-18,21,32,34,36,38-47H,19-20H2,1-10H3/b14-12+/t21-,32-,34+,36+,38+,39-,40+,41+,42-,43+,44+,45-,46-,47-/m0/s1. The molecule has 388 valence electrons. The molecule has 24 heteroatoms. The summed E-state index contributed by atoms with van der Waals surface area (Å²) in [5.41, 5.74) is 0.772. The van der Waals surface area contributed by atoms with Crippen LogP contribution in [0.3, 0.4) is 0 Å². The number of ether oxygens (including phenoxy) is 15. The zero-order chi connectivity index (χ0) is 52.3. The zero-order valence-electron chi connectivity index (χ0n) is 40.4. The molecule has 4 aliphatic rings. The Morgan fingerprint density at radius 1 is 0.592 bits per heavy atom. The fourth-order valence-electron chi connectivity index (χ4n) is 8.19. The highest BCUT2D eigenvalue weighted by atomic mass is 16.8. The molecule has 0 spiro atoms. The molecule has 0 N–H and O–H groups in total. The third kappa shape index (κ3) is 15.1. The Bertz CT molecular complexity index is 2270. The molecule has 2 saturated heterocycles. The summed E-state index contributed by atoms with van der Waals surface area (Å²) in [4.78, 5) is 112. The first-order valence-corrected chi connectivity index (χ1v) is 22.1. The fourth-order valence-corrected chi connectivity index (χ4v) is 8.19. The van der Waals surface area contributed by atoms with Crippen LogP contribution < -0.4 is 9.47 Å². The van der Waals surface area contributed by atoms with Crippen LogP contribution in [0.25, 0.3) is 6.08 Å². The summed E-state index contributed by atoms with van der Waals surface area (Å²) in [6.45, 7) is 9.49. The maximum Gasteiger partial charge on any atom is 0.331 e. The molecule has 0 amide bonds. The fraction of sp³-hybridized carbons (Fsp3) is 0.553. The normalized spacial score (nSPS) is 29.7. The summed E-state index contributed by atoms with van der Waals surface area (Å²) in [7, 11) is 1.39. The summed E-state index contributed by atoms with van der Waals surface area (Å²) >= 11 is 0.